The van der Waals surface area contributed by atoms with Crippen LogP contribution in [0.1, 0.15) is 181 Å². The van der Waals surface area contributed by atoms with Gasteiger partial charge in [0.1, 0.15) is 13.2 Å². The predicted molar refractivity (Wildman–Crippen MR) is 256 cm³/mol. The summed E-state index contributed by atoms with van der Waals surface area (Å²) < 4.78 is 16.6. The number of hydrogen-bond donors (Lipinski definition) is 0. The van der Waals surface area contributed by atoms with Crippen molar-refractivity contribution in [2.75, 3.05) is 13.2 Å². The molecule has 0 aromatic rings. The van der Waals surface area contributed by atoms with Crippen LogP contribution >= 0.6 is 0 Å². The quantitative estimate of drug-likeness (QED) is 0.0201. The number of hydrogen-bond acceptors (Lipinski definition) is 6. The average Bonchev–Trinajstić information content (AvgIpc) is 3.24. The van der Waals surface area contributed by atoms with Crippen LogP contribution in [0.15, 0.2) is 122 Å². The SMILES string of the molecule is CC\C=C/C=C\C=C/CCCCCCCC(=O)OC(COC(=O)CCC/C=C\C/C=C\C/C=C\C/C=C\CCCCC)COC(=O)CCCC/C=C\C/C=C\C/C=C\CC. The van der Waals surface area contributed by atoms with Gasteiger partial charge in [-0.25, -0.2) is 0 Å². The Bertz CT molecular complexity index is 1320. The summed E-state index contributed by atoms with van der Waals surface area (Å²) in [6.45, 7) is 6.22. The maximum atomic E-state index is 12.7. The number of allylic oxidation sites excluding steroid dienone is 20. The van der Waals surface area contributed by atoms with E-state index in [9.17, 15) is 14.4 Å². The monoisotopic (exact) mass is 829 g/mol. The van der Waals surface area contributed by atoms with E-state index in [-0.39, 0.29) is 50.4 Å². The summed E-state index contributed by atoms with van der Waals surface area (Å²) in [7, 11) is 0. The van der Waals surface area contributed by atoms with Gasteiger partial charge < -0.3 is 14.2 Å². The lowest BCUT2D eigenvalue weighted by Crippen LogP contribution is -2.30. The smallest absolute Gasteiger partial charge is 0.306 e. The Labute approximate surface area is 367 Å². The van der Waals surface area contributed by atoms with Gasteiger partial charge in [0, 0.05) is 19.3 Å². The number of esters is 3. The first-order chi connectivity index (χ1) is 29.5. The van der Waals surface area contributed by atoms with Crippen molar-refractivity contribution >= 4 is 17.9 Å². The van der Waals surface area contributed by atoms with Gasteiger partial charge in [0.25, 0.3) is 0 Å². The van der Waals surface area contributed by atoms with Crippen LogP contribution in [0.2, 0.25) is 0 Å². The van der Waals surface area contributed by atoms with E-state index in [2.05, 4.69) is 136 Å². The van der Waals surface area contributed by atoms with Crippen LogP contribution in [0.5, 0.6) is 0 Å². The summed E-state index contributed by atoms with van der Waals surface area (Å²) >= 11 is 0. The van der Waals surface area contributed by atoms with E-state index < -0.39 is 6.10 Å². The van der Waals surface area contributed by atoms with Crippen LogP contribution in [0.3, 0.4) is 0 Å². The van der Waals surface area contributed by atoms with Gasteiger partial charge in [-0.3, -0.25) is 14.4 Å². The minimum Gasteiger partial charge on any atom is -0.462 e. The van der Waals surface area contributed by atoms with E-state index in [4.69, 9.17) is 14.2 Å². The van der Waals surface area contributed by atoms with Gasteiger partial charge >= 0.3 is 17.9 Å². The minimum absolute atomic E-state index is 0.128. The Morgan fingerprint density at radius 1 is 0.367 bits per heavy atom. The van der Waals surface area contributed by atoms with E-state index in [1.807, 2.05) is 6.08 Å². The first kappa shape index (κ1) is 55.8. The largest absolute Gasteiger partial charge is 0.462 e. The molecular formula is C54H84O6. The van der Waals surface area contributed by atoms with Gasteiger partial charge in [0.15, 0.2) is 6.10 Å². The lowest BCUT2D eigenvalue weighted by molar-refractivity contribution is -0.167. The third kappa shape index (κ3) is 44.9. The van der Waals surface area contributed by atoms with Crippen molar-refractivity contribution in [3.63, 3.8) is 0 Å². The summed E-state index contributed by atoms with van der Waals surface area (Å²) in [6.07, 6.45) is 64.8. The Hall–Kier alpha value is -4.19. The van der Waals surface area contributed by atoms with Crippen LogP contribution in [0.25, 0.3) is 0 Å². The second kappa shape index (κ2) is 47.5. The second-order valence-electron chi connectivity index (χ2n) is 15.0. The second-order valence-corrected chi connectivity index (χ2v) is 15.0. The Morgan fingerprint density at radius 3 is 1.30 bits per heavy atom. The molecule has 0 rings (SSSR count). The molecule has 0 aliphatic rings. The van der Waals surface area contributed by atoms with Crippen molar-refractivity contribution in [3.8, 4) is 0 Å². The molecule has 6 nitrogen and oxygen atoms in total. The number of unbranched alkanes of at least 4 members (excludes halogenated alkanes) is 11. The lowest BCUT2D eigenvalue weighted by Gasteiger charge is -2.18. The van der Waals surface area contributed by atoms with E-state index in [1.165, 1.54) is 25.7 Å². The van der Waals surface area contributed by atoms with Gasteiger partial charge in [-0.15, -0.1) is 0 Å². The van der Waals surface area contributed by atoms with Crippen molar-refractivity contribution < 1.29 is 28.6 Å². The van der Waals surface area contributed by atoms with Crippen molar-refractivity contribution in [1.29, 1.82) is 0 Å². The summed E-state index contributed by atoms with van der Waals surface area (Å²) in [5.74, 6) is -1.06. The van der Waals surface area contributed by atoms with Gasteiger partial charge in [-0.2, -0.15) is 0 Å². The van der Waals surface area contributed by atoms with Crippen molar-refractivity contribution in [3.05, 3.63) is 122 Å². The molecule has 6 heteroatoms. The Kier molecular flexibility index (Phi) is 44.2. The van der Waals surface area contributed by atoms with Gasteiger partial charge in [-0.05, 0) is 109 Å². The normalized spacial score (nSPS) is 13.2. The highest BCUT2D eigenvalue weighted by Crippen LogP contribution is 2.11. The zero-order valence-corrected chi connectivity index (χ0v) is 38.2. The van der Waals surface area contributed by atoms with Crippen LogP contribution in [0.4, 0.5) is 0 Å². The topological polar surface area (TPSA) is 78.9 Å². The van der Waals surface area contributed by atoms with Crippen molar-refractivity contribution in [1.82, 2.24) is 0 Å². The van der Waals surface area contributed by atoms with Crippen LogP contribution in [-0.4, -0.2) is 37.2 Å². The molecular weight excluding hydrogens is 745 g/mol. The third-order valence-corrected chi connectivity index (χ3v) is 9.24. The molecule has 0 heterocycles. The summed E-state index contributed by atoms with van der Waals surface area (Å²) in [4.78, 5) is 37.8. The van der Waals surface area contributed by atoms with Gasteiger partial charge in [0.05, 0.1) is 0 Å². The molecule has 0 saturated heterocycles. The summed E-state index contributed by atoms with van der Waals surface area (Å²) in [6, 6.07) is 0. The number of ether oxygens (including phenoxy) is 3. The van der Waals surface area contributed by atoms with Gasteiger partial charge in [0.2, 0.25) is 0 Å². The number of rotatable bonds is 40. The molecule has 0 radical (unpaired) electrons. The van der Waals surface area contributed by atoms with E-state index in [1.54, 1.807) is 0 Å². The maximum absolute atomic E-state index is 12.7. The Morgan fingerprint density at radius 2 is 0.750 bits per heavy atom. The minimum atomic E-state index is -0.828. The van der Waals surface area contributed by atoms with Crippen molar-refractivity contribution in [2.45, 2.75) is 187 Å². The molecule has 0 aromatic carbocycles. The average molecular weight is 829 g/mol. The molecule has 0 saturated carbocycles. The molecule has 60 heavy (non-hydrogen) atoms. The standard InChI is InChI=1S/C54H84O6/c1-4-7-10-13-16-19-22-25-26-27-28-30-32-35-38-41-44-47-53(56)59-50-51(49-58-52(55)46-43-40-37-34-31-24-21-18-15-12-9-6-3)60-54(57)48-45-42-39-36-33-29-23-20-17-14-11-8-5-2/h8-9,11-12,14,16-21,23,25-26,28,30-31,34-35,38,51H,4-7,10,13,15,22,24,27,29,32-33,36-37,39-50H2,1-3H3/b11-8-,12-9-,17-14-,19-16-,21-18-,23-20-,26-25-,30-28-,34-31-,38-35-. The first-order valence-electron chi connectivity index (χ1n) is 23.6. The molecule has 0 aromatic heterocycles. The highest BCUT2D eigenvalue weighted by Gasteiger charge is 2.19. The molecule has 336 valence electrons. The maximum Gasteiger partial charge on any atom is 0.306 e. The molecule has 1 unspecified atom stereocenters. The lowest BCUT2D eigenvalue weighted by atomic mass is 10.1. The fraction of sp³-hybridized carbons (Fsp3) is 0.574. The number of carbonyl (C=O) groups excluding carboxylic acids is 3. The molecule has 0 bridgehead atoms. The molecule has 0 spiro atoms. The van der Waals surface area contributed by atoms with E-state index in [0.717, 1.165) is 103 Å². The molecule has 0 N–H and O–H groups in total. The molecule has 1 atom stereocenters. The molecule has 0 aliphatic carbocycles. The highest BCUT2D eigenvalue weighted by molar-refractivity contribution is 5.71. The molecule has 0 aliphatic heterocycles. The Balaban J connectivity index is 4.57. The fourth-order valence-corrected chi connectivity index (χ4v) is 5.74. The summed E-state index contributed by atoms with van der Waals surface area (Å²) in [5, 5.41) is 0. The first-order valence-corrected chi connectivity index (χ1v) is 23.6. The van der Waals surface area contributed by atoms with Gasteiger partial charge in [-0.1, -0.05) is 174 Å². The van der Waals surface area contributed by atoms with Crippen LogP contribution in [0, 0.1) is 0 Å². The molecule has 0 amide bonds. The number of carbonyl (C=O) groups is 3. The predicted octanol–water partition coefficient (Wildman–Crippen LogP) is 15.4. The third-order valence-electron chi connectivity index (χ3n) is 9.24. The zero-order chi connectivity index (χ0) is 43.7. The molecule has 0 fully saturated rings. The summed E-state index contributed by atoms with van der Waals surface area (Å²) in [5.41, 5.74) is 0. The highest BCUT2D eigenvalue weighted by atomic mass is 16.6. The zero-order valence-electron chi connectivity index (χ0n) is 38.2. The van der Waals surface area contributed by atoms with Crippen LogP contribution in [-0.2, 0) is 28.6 Å². The van der Waals surface area contributed by atoms with Crippen LogP contribution < -0.4 is 0 Å². The van der Waals surface area contributed by atoms with E-state index in [0.29, 0.717) is 12.8 Å². The van der Waals surface area contributed by atoms with E-state index >= 15 is 0 Å². The van der Waals surface area contributed by atoms with Crippen molar-refractivity contribution in [2.24, 2.45) is 0 Å². The fourth-order valence-electron chi connectivity index (χ4n) is 5.74.